The maximum Gasteiger partial charge on any atom is 0.125 e. The molecule has 0 fully saturated rings. The second-order valence-corrected chi connectivity index (χ2v) is 6.18. The number of aryl methyl sites for hydroxylation is 1. The van der Waals surface area contributed by atoms with Gasteiger partial charge in [0.1, 0.15) is 5.75 Å². The summed E-state index contributed by atoms with van der Waals surface area (Å²) in [6, 6.07) is 26.8. The Bertz CT molecular complexity index is 985. The number of hydrogen-bond acceptors (Lipinski definition) is 1. The fourth-order valence-corrected chi connectivity index (χ4v) is 3.26. The highest BCUT2D eigenvalue weighted by atomic mass is 16.3. The molecule has 1 heterocycles. The smallest absolute Gasteiger partial charge is 0.125 e. The van der Waals surface area contributed by atoms with Crippen molar-refractivity contribution < 1.29 is 5.11 Å². The lowest BCUT2D eigenvalue weighted by atomic mass is 10.1. The van der Waals surface area contributed by atoms with E-state index in [9.17, 15) is 5.11 Å². The van der Waals surface area contributed by atoms with Gasteiger partial charge in [0.2, 0.25) is 0 Å². The standard InChI is InChI=1S/C22H19NO/c1-16-12-21-19(22(24)13-16)14-20(18-10-6-3-7-11-18)23(21)15-17-8-4-2-5-9-17/h2-14,24H,15H2,1H3. The summed E-state index contributed by atoms with van der Waals surface area (Å²) in [5, 5.41) is 11.3. The van der Waals surface area contributed by atoms with Crippen molar-refractivity contribution in [2.45, 2.75) is 13.5 Å². The number of hydrogen-bond donors (Lipinski definition) is 1. The van der Waals surface area contributed by atoms with Gasteiger partial charge in [0, 0.05) is 17.6 Å². The van der Waals surface area contributed by atoms with Crippen LogP contribution in [0.15, 0.2) is 78.9 Å². The molecule has 2 heteroatoms. The Morgan fingerprint density at radius 1 is 0.833 bits per heavy atom. The van der Waals surface area contributed by atoms with E-state index in [1.54, 1.807) is 0 Å². The minimum atomic E-state index is 0.342. The van der Waals surface area contributed by atoms with E-state index in [1.165, 1.54) is 5.56 Å². The Kier molecular flexibility index (Phi) is 3.58. The number of rotatable bonds is 3. The van der Waals surface area contributed by atoms with Crippen LogP contribution < -0.4 is 0 Å². The molecule has 118 valence electrons. The van der Waals surface area contributed by atoms with Crippen LogP contribution in [0, 0.1) is 6.92 Å². The second-order valence-electron chi connectivity index (χ2n) is 6.18. The first-order valence-corrected chi connectivity index (χ1v) is 8.14. The van der Waals surface area contributed by atoms with Crippen molar-refractivity contribution >= 4 is 10.9 Å². The molecule has 0 saturated carbocycles. The van der Waals surface area contributed by atoms with E-state index in [1.807, 2.05) is 37.3 Å². The summed E-state index contributed by atoms with van der Waals surface area (Å²) in [5.41, 5.74) is 5.65. The molecule has 24 heavy (non-hydrogen) atoms. The lowest BCUT2D eigenvalue weighted by Crippen LogP contribution is -2.01. The molecule has 3 aromatic carbocycles. The van der Waals surface area contributed by atoms with Crippen LogP contribution in [0.5, 0.6) is 5.75 Å². The average Bonchev–Trinajstić information content (AvgIpc) is 2.95. The predicted octanol–water partition coefficient (Wildman–Crippen LogP) is 5.37. The summed E-state index contributed by atoms with van der Waals surface area (Å²) < 4.78 is 2.28. The van der Waals surface area contributed by atoms with Crippen molar-refractivity contribution in [2.24, 2.45) is 0 Å². The lowest BCUT2D eigenvalue weighted by molar-refractivity contribution is 0.481. The SMILES string of the molecule is Cc1cc(O)c2cc(-c3ccccc3)n(Cc3ccccc3)c2c1. The van der Waals surface area contributed by atoms with E-state index in [-0.39, 0.29) is 0 Å². The Morgan fingerprint density at radius 3 is 2.21 bits per heavy atom. The number of benzene rings is 3. The highest BCUT2D eigenvalue weighted by molar-refractivity contribution is 5.92. The van der Waals surface area contributed by atoms with Gasteiger partial charge in [-0.2, -0.15) is 0 Å². The fraction of sp³-hybridized carbons (Fsp3) is 0.0909. The Balaban J connectivity index is 1.97. The highest BCUT2D eigenvalue weighted by Crippen LogP contribution is 2.34. The molecule has 4 aromatic rings. The van der Waals surface area contributed by atoms with Gasteiger partial charge in [0.05, 0.1) is 5.52 Å². The fourth-order valence-electron chi connectivity index (χ4n) is 3.26. The van der Waals surface area contributed by atoms with E-state index < -0.39 is 0 Å². The van der Waals surface area contributed by atoms with Crippen molar-refractivity contribution in [3.05, 3.63) is 90.0 Å². The first-order valence-electron chi connectivity index (χ1n) is 8.14. The first-order chi connectivity index (χ1) is 11.7. The average molecular weight is 313 g/mol. The van der Waals surface area contributed by atoms with Crippen LogP contribution >= 0.6 is 0 Å². The first kappa shape index (κ1) is 14.6. The molecule has 2 nitrogen and oxygen atoms in total. The van der Waals surface area contributed by atoms with Crippen molar-refractivity contribution in [3.63, 3.8) is 0 Å². The van der Waals surface area contributed by atoms with Crippen LogP contribution in [0.3, 0.4) is 0 Å². The van der Waals surface area contributed by atoms with Crippen molar-refractivity contribution in [1.29, 1.82) is 0 Å². The number of phenols is 1. The number of aromatic nitrogens is 1. The summed E-state index contributed by atoms with van der Waals surface area (Å²) >= 11 is 0. The molecule has 4 rings (SSSR count). The van der Waals surface area contributed by atoms with Crippen LogP contribution in [0.2, 0.25) is 0 Å². The lowest BCUT2D eigenvalue weighted by Gasteiger charge is -2.12. The monoisotopic (exact) mass is 313 g/mol. The zero-order chi connectivity index (χ0) is 16.5. The third kappa shape index (κ3) is 2.56. The van der Waals surface area contributed by atoms with Gasteiger partial charge in [0.25, 0.3) is 0 Å². The largest absolute Gasteiger partial charge is 0.507 e. The Labute approximate surface area is 141 Å². The van der Waals surface area contributed by atoms with Crippen molar-refractivity contribution in [3.8, 4) is 17.0 Å². The van der Waals surface area contributed by atoms with Crippen molar-refractivity contribution in [2.75, 3.05) is 0 Å². The Morgan fingerprint density at radius 2 is 1.50 bits per heavy atom. The number of phenolic OH excluding ortho intramolecular Hbond substituents is 1. The predicted molar refractivity (Wildman–Crippen MR) is 99.3 cm³/mol. The molecular formula is C22H19NO. The van der Waals surface area contributed by atoms with Gasteiger partial charge in [0.15, 0.2) is 0 Å². The van der Waals surface area contributed by atoms with Gasteiger partial charge in [-0.1, -0.05) is 60.7 Å². The topological polar surface area (TPSA) is 25.2 Å². The zero-order valence-electron chi connectivity index (χ0n) is 13.6. The third-order valence-corrected chi connectivity index (χ3v) is 4.40. The molecule has 0 amide bonds. The summed E-state index contributed by atoms with van der Waals surface area (Å²) in [4.78, 5) is 0. The molecule has 0 aliphatic rings. The van der Waals surface area contributed by atoms with Gasteiger partial charge < -0.3 is 9.67 Å². The molecule has 0 radical (unpaired) electrons. The molecular weight excluding hydrogens is 294 g/mol. The van der Waals surface area contributed by atoms with Gasteiger partial charge in [-0.25, -0.2) is 0 Å². The summed E-state index contributed by atoms with van der Waals surface area (Å²) in [6.07, 6.45) is 0. The number of fused-ring (bicyclic) bond motifs is 1. The van der Waals surface area contributed by atoms with Gasteiger partial charge in [-0.05, 0) is 41.8 Å². The van der Waals surface area contributed by atoms with Crippen LogP contribution in [0.25, 0.3) is 22.2 Å². The minimum Gasteiger partial charge on any atom is -0.507 e. The van der Waals surface area contributed by atoms with E-state index in [0.717, 1.165) is 34.3 Å². The number of nitrogens with zero attached hydrogens (tertiary/aromatic N) is 1. The molecule has 0 atom stereocenters. The van der Waals surface area contributed by atoms with Gasteiger partial charge >= 0.3 is 0 Å². The molecule has 1 N–H and O–H groups in total. The Hall–Kier alpha value is -3.00. The highest BCUT2D eigenvalue weighted by Gasteiger charge is 2.14. The molecule has 0 bridgehead atoms. The third-order valence-electron chi connectivity index (χ3n) is 4.40. The van der Waals surface area contributed by atoms with Crippen LogP contribution in [-0.4, -0.2) is 9.67 Å². The van der Waals surface area contributed by atoms with Crippen LogP contribution in [-0.2, 0) is 6.54 Å². The van der Waals surface area contributed by atoms with E-state index in [4.69, 9.17) is 0 Å². The summed E-state index contributed by atoms with van der Waals surface area (Å²) in [5.74, 6) is 0.342. The maximum atomic E-state index is 10.4. The van der Waals surface area contributed by atoms with Crippen LogP contribution in [0.4, 0.5) is 0 Å². The normalized spacial score (nSPS) is 11.0. The molecule has 0 aliphatic heterocycles. The van der Waals surface area contributed by atoms with E-state index >= 15 is 0 Å². The summed E-state index contributed by atoms with van der Waals surface area (Å²) in [7, 11) is 0. The number of aromatic hydroxyl groups is 1. The van der Waals surface area contributed by atoms with Crippen LogP contribution in [0.1, 0.15) is 11.1 Å². The molecule has 0 saturated heterocycles. The minimum absolute atomic E-state index is 0.342. The zero-order valence-corrected chi connectivity index (χ0v) is 13.6. The molecule has 1 aromatic heterocycles. The van der Waals surface area contributed by atoms with Gasteiger partial charge in [-0.3, -0.25) is 0 Å². The molecule has 0 spiro atoms. The van der Waals surface area contributed by atoms with E-state index in [2.05, 4.69) is 53.1 Å². The molecule has 0 unspecified atom stereocenters. The summed E-state index contributed by atoms with van der Waals surface area (Å²) in [6.45, 7) is 2.79. The van der Waals surface area contributed by atoms with Gasteiger partial charge in [-0.15, -0.1) is 0 Å². The quantitative estimate of drug-likeness (QED) is 0.540. The second kappa shape index (κ2) is 5.89. The molecule has 0 aliphatic carbocycles. The maximum absolute atomic E-state index is 10.4. The van der Waals surface area contributed by atoms with E-state index in [0.29, 0.717) is 5.75 Å². The van der Waals surface area contributed by atoms with Crippen molar-refractivity contribution in [1.82, 2.24) is 4.57 Å².